The Kier molecular flexibility index (Phi) is 6.00. The highest BCUT2D eigenvalue weighted by atomic mass is 32.2. The van der Waals surface area contributed by atoms with Crippen LogP contribution in [-0.2, 0) is 14.8 Å². The number of fused-ring (bicyclic) bond motifs is 2. The molecule has 6 nitrogen and oxygen atoms in total. The summed E-state index contributed by atoms with van der Waals surface area (Å²) in [6, 6.07) is 8.55. The molecule has 5 unspecified atom stereocenters. The van der Waals surface area contributed by atoms with Crippen molar-refractivity contribution in [3.8, 4) is 0 Å². The van der Waals surface area contributed by atoms with Gasteiger partial charge in [-0.3, -0.25) is 9.69 Å². The first-order valence-electron chi connectivity index (χ1n) is 11.0. The SMILES string of the molecule is CC(NC(=O)C(C)N1CCN(S(=O)(=O)c2ccccc2)CC1)C1CC2CCC1C2. The van der Waals surface area contributed by atoms with E-state index in [2.05, 4.69) is 17.1 Å². The fraction of sp³-hybridized carbons (Fsp3) is 0.682. The molecule has 1 aromatic carbocycles. The molecular formula is C22H33N3O3S. The van der Waals surface area contributed by atoms with Crippen LogP contribution < -0.4 is 5.32 Å². The third-order valence-electron chi connectivity index (χ3n) is 7.39. The highest BCUT2D eigenvalue weighted by Gasteiger charge is 2.42. The highest BCUT2D eigenvalue weighted by Crippen LogP contribution is 2.49. The van der Waals surface area contributed by atoms with Crippen LogP contribution in [0.25, 0.3) is 0 Å². The summed E-state index contributed by atoms with van der Waals surface area (Å²) in [6.45, 7) is 6.06. The number of piperazine rings is 1. The molecule has 2 aliphatic carbocycles. The van der Waals surface area contributed by atoms with Gasteiger partial charge in [0.1, 0.15) is 0 Å². The maximum absolute atomic E-state index is 12.8. The van der Waals surface area contributed by atoms with Gasteiger partial charge in [-0.25, -0.2) is 8.42 Å². The zero-order chi connectivity index (χ0) is 20.6. The van der Waals surface area contributed by atoms with E-state index >= 15 is 0 Å². The summed E-state index contributed by atoms with van der Waals surface area (Å²) in [5.41, 5.74) is 0. The van der Waals surface area contributed by atoms with Crippen LogP contribution in [0.5, 0.6) is 0 Å². The van der Waals surface area contributed by atoms with Crippen molar-refractivity contribution < 1.29 is 13.2 Å². The Morgan fingerprint density at radius 1 is 1.03 bits per heavy atom. The maximum Gasteiger partial charge on any atom is 0.243 e. The number of hydrogen-bond donors (Lipinski definition) is 1. The van der Waals surface area contributed by atoms with Crippen LogP contribution in [-0.4, -0.2) is 61.8 Å². The van der Waals surface area contributed by atoms with E-state index in [0.29, 0.717) is 37.0 Å². The lowest BCUT2D eigenvalue weighted by Crippen LogP contribution is -2.56. The van der Waals surface area contributed by atoms with Crippen LogP contribution in [0.2, 0.25) is 0 Å². The fourth-order valence-corrected chi connectivity index (χ4v) is 7.04. The van der Waals surface area contributed by atoms with Gasteiger partial charge in [0.05, 0.1) is 10.9 Å². The predicted molar refractivity (Wildman–Crippen MR) is 113 cm³/mol. The Hall–Kier alpha value is -1.44. The summed E-state index contributed by atoms with van der Waals surface area (Å²) in [5.74, 6) is 2.36. The minimum absolute atomic E-state index is 0.0691. The average Bonchev–Trinajstić information content (AvgIpc) is 3.37. The van der Waals surface area contributed by atoms with Crippen molar-refractivity contribution in [3.05, 3.63) is 30.3 Å². The Morgan fingerprint density at radius 3 is 2.31 bits per heavy atom. The molecule has 0 spiro atoms. The largest absolute Gasteiger partial charge is 0.352 e. The topological polar surface area (TPSA) is 69.7 Å². The van der Waals surface area contributed by atoms with Crippen LogP contribution in [0.1, 0.15) is 39.5 Å². The van der Waals surface area contributed by atoms with Gasteiger partial charge in [-0.1, -0.05) is 24.6 Å². The van der Waals surface area contributed by atoms with E-state index in [1.165, 1.54) is 30.0 Å². The number of benzene rings is 1. The third-order valence-corrected chi connectivity index (χ3v) is 9.30. The van der Waals surface area contributed by atoms with E-state index in [1.807, 2.05) is 13.0 Å². The van der Waals surface area contributed by atoms with Crippen LogP contribution in [0.15, 0.2) is 35.2 Å². The van der Waals surface area contributed by atoms with E-state index in [1.54, 1.807) is 24.3 Å². The highest BCUT2D eigenvalue weighted by molar-refractivity contribution is 7.89. The van der Waals surface area contributed by atoms with Crippen molar-refractivity contribution in [1.29, 1.82) is 0 Å². The molecule has 1 aromatic rings. The number of carbonyl (C=O) groups excluding carboxylic acids is 1. The van der Waals surface area contributed by atoms with Gasteiger partial charge in [-0.05, 0) is 63.0 Å². The summed E-state index contributed by atoms with van der Waals surface area (Å²) in [5, 5.41) is 3.26. The second-order valence-electron chi connectivity index (χ2n) is 9.07. The lowest BCUT2D eigenvalue weighted by atomic mass is 9.84. The molecule has 1 aliphatic heterocycles. The first-order chi connectivity index (χ1) is 13.9. The van der Waals surface area contributed by atoms with Crippen molar-refractivity contribution in [1.82, 2.24) is 14.5 Å². The second kappa shape index (κ2) is 8.36. The number of sulfonamides is 1. The van der Waals surface area contributed by atoms with Crippen molar-refractivity contribution >= 4 is 15.9 Å². The molecule has 2 bridgehead atoms. The molecule has 1 saturated heterocycles. The molecule has 1 N–H and O–H groups in total. The maximum atomic E-state index is 12.8. The Labute approximate surface area is 174 Å². The van der Waals surface area contributed by atoms with Gasteiger partial charge in [-0.15, -0.1) is 0 Å². The summed E-state index contributed by atoms with van der Waals surface area (Å²) in [6.07, 6.45) is 5.30. The molecule has 0 aromatic heterocycles. The molecule has 2 saturated carbocycles. The molecule has 1 heterocycles. The van der Waals surface area contributed by atoms with Crippen LogP contribution >= 0.6 is 0 Å². The van der Waals surface area contributed by atoms with Crippen LogP contribution in [0.3, 0.4) is 0 Å². The van der Waals surface area contributed by atoms with E-state index in [4.69, 9.17) is 0 Å². The van der Waals surface area contributed by atoms with Gasteiger partial charge >= 0.3 is 0 Å². The van der Waals surface area contributed by atoms with Gasteiger partial charge < -0.3 is 5.32 Å². The Bertz CT molecular complexity index is 821. The standard InChI is InChI=1S/C22H33N3O3S/c1-16(21-15-18-8-9-19(21)14-18)23-22(26)17(2)24-10-12-25(13-11-24)29(27,28)20-6-4-3-5-7-20/h3-7,16-19,21H,8-15H2,1-2H3,(H,23,26). The number of hydrogen-bond acceptors (Lipinski definition) is 4. The molecular weight excluding hydrogens is 386 g/mol. The minimum Gasteiger partial charge on any atom is -0.352 e. The lowest BCUT2D eigenvalue weighted by Gasteiger charge is -2.37. The number of rotatable bonds is 6. The van der Waals surface area contributed by atoms with E-state index < -0.39 is 10.0 Å². The summed E-state index contributed by atoms with van der Waals surface area (Å²) in [7, 11) is -3.46. The normalized spacial score (nSPS) is 30.2. The molecule has 7 heteroatoms. The second-order valence-corrected chi connectivity index (χ2v) is 11.0. The number of carbonyl (C=O) groups is 1. The third kappa shape index (κ3) is 4.23. The molecule has 29 heavy (non-hydrogen) atoms. The smallest absolute Gasteiger partial charge is 0.243 e. The average molecular weight is 420 g/mol. The molecule has 0 radical (unpaired) electrons. The zero-order valence-electron chi connectivity index (χ0n) is 17.5. The van der Waals surface area contributed by atoms with E-state index in [-0.39, 0.29) is 18.0 Å². The van der Waals surface area contributed by atoms with Gasteiger partial charge in [0.25, 0.3) is 0 Å². The number of nitrogens with zero attached hydrogens (tertiary/aromatic N) is 2. The monoisotopic (exact) mass is 419 g/mol. The zero-order valence-corrected chi connectivity index (χ0v) is 18.3. The first kappa shape index (κ1) is 20.8. The summed E-state index contributed by atoms with van der Waals surface area (Å²) >= 11 is 0. The van der Waals surface area contributed by atoms with Crippen LogP contribution in [0, 0.1) is 17.8 Å². The first-order valence-corrected chi connectivity index (χ1v) is 12.4. The lowest BCUT2D eigenvalue weighted by molar-refractivity contribution is -0.127. The van der Waals surface area contributed by atoms with Gasteiger partial charge in [-0.2, -0.15) is 4.31 Å². The summed E-state index contributed by atoms with van der Waals surface area (Å²) < 4.78 is 27.1. The molecule has 3 aliphatic rings. The van der Waals surface area contributed by atoms with Crippen molar-refractivity contribution in [2.75, 3.05) is 26.2 Å². The molecule has 160 valence electrons. The molecule has 3 fully saturated rings. The Balaban J connectivity index is 1.29. The van der Waals surface area contributed by atoms with Crippen molar-refractivity contribution in [2.45, 2.75) is 56.5 Å². The summed E-state index contributed by atoms with van der Waals surface area (Å²) in [4.78, 5) is 15.3. The minimum atomic E-state index is -3.46. The van der Waals surface area contributed by atoms with Crippen molar-refractivity contribution in [2.24, 2.45) is 17.8 Å². The van der Waals surface area contributed by atoms with E-state index in [0.717, 1.165) is 11.8 Å². The van der Waals surface area contributed by atoms with Crippen molar-refractivity contribution in [3.63, 3.8) is 0 Å². The van der Waals surface area contributed by atoms with Crippen LogP contribution in [0.4, 0.5) is 0 Å². The quantitative estimate of drug-likeness (QED) is 0.768. The number of nitrogens with one attached hydrogen (secondary N) is 1. The number of amides is 1. The van der Waals surface area contributed by atoms with Gasteiger partial charge in [0, 0.05) is 32.2 Å². The Morgan fingerprint density at radius 2 is 1.72 bits per heavy atom. The van der Waals surface area contributed by atoms with Gasteiger partial charge in [0.15, 0.2) is 0 Å². The molecule has 1 amide bonds. The molecule has 4 rings (SSSR count). The fourth-order valence-electron chi connectivity index (χ4n) is 5.60. The van der Waals surface area contributed by atoms with Gasteiger partial charge in [0.2, 0.25) is 15.9 Å². The molecule has 5 atom stereocenters. The predicted octanol–water partition coefficient (Wildman–Crippen LogP) is 2.32. The van der Waals surface area contributed by atoms with E-state index in [9.17, 15) is 13.2 Å².